The second-order valence-electron chi connectivity index (χ2n) is 7.50. The first-order valence-electron chi connectivity index (χ1n) is 7.82. The highest BCUT2D eigenvalue weighted by Gasteiger charge is 2.41. The maximum atomic E-state index is 12.2. The first-order valence-corrected chi connectivity index (χ1v) is 8.20. The molecule has 2 atom stereocenters. The summed E-state index contributed by atoms with van der Waals surface area (Å²) in [6.45, 7) is 6.83. The second kappa shape index (κ2) is 7.28. The summed E-state index contributed by atoms with van der Waals surface area (Å²) < 4.78 is 0. The van der Waals surface area contributed by atoms with Gasteiger partial charge >= 0.3 is 6.03 Å². The lowest BCUT2D eigenvalue weighted by molar-refractivity contribution is 0.0815. The van der Waals surface area contributed by atoms with Crippen molar-refractivity contribution in [2.75, 3.05) is 11.9 Å². The predicted octanol–water partition coefficient (Wildman–Crippen LogP) is 3.17. The molecule has 1 saturated carbocycles. The Balaban J connectivity index is 2.00. The van der Waals surface area contributed by atoms with E-state index in [1.807, 2.05) is 0 Å². The summed E-state index contributed by atoms with van der Waals surface area (Å²) in [5, 5.41) is 13.4. The van der Waals surface area contributed by atoms with Crippen LogP contribution in [0.5, 0.6) is 0 Å². The van der Waals surface area contributed by atoms with Gasteiger partial charge in [-0.25, -0.2) is 14.6 Å². The number of amides is 2. The number of carbonyl (C=O) groups is 1. The number of hydrogen-bond acceptors (Lipinski definition) is 5. The molecule has 1 aliphatic carbocycles. The van der Waals surface area contributed by atoms with Gasteiger partial charge in [0.25, 0.3) is 0 Å². The molecule has 0 saturated heterocycles. The third-order valence-corrected chi connectivity index (χ3v) is 4.38. The van der Waals surface area contributed by atoms with E-state index in [0.29, 0.717) is 12.4 Å². The Morgan fingerprint density at radius 2 is 2.12 bits per heavy atom. The van der Waals surface area contributed by atoms with Gasteiger partial charge in [-0.05, 0) is 42.2 Å². The molecule has 7 nitrogen and oxygen atoms in total. The first-order chi connectivity index (χ1) is 11.2. The zero-order valence-corrected chi connectivity index (χ0v) is 14.9. The van der Waals surface area contributed by atoms with E-state index in [2.05, 4.69) is 46.6 Å². The molecule has 1 heterocycles. The quantitative estimate of drug-likeness (QED) is 0.643. The molecule has 0 bridgehead atoms. The molecule has 0 spiro atoms. The summed E-state index contributed by atoms with van der Waals surface area (Å²) in [6, 6.07) is 2.79. The van der Waals surface area contributed by atoms with Crippen LogP contribution in [0.4, 0.5) is 10.6 Å². The van der Waals surface area contributed by atoms with Crippen LogP contribution in [0.1, 0.15) is 40.0 Å². The van der Waals surface area contributed by atoms with Gasteiger partial charge in [-0.15, -0.1) is 10.2 Å². The van der Waals surface area contributed by atoms with Gasteiger partial charge in [0.15, 0.2) is 11.0 Å². The lowest BCUT2D eigenvalue weighted by Crippen LogP contribution is -2.48. The molecular formula is C16H22ClN5O2. The average molecular weight is 352 g/mol. The Bertz CT molecular complexity index is 642. The van der Waals surface area contributed by atoms with E-state index in [0.717, 1.165) is 19.3 Å². The minimum Gasteiger partial charge on any atom is -0.335 e. The SMILES string of the molecule is CC1(C)CC(NC(=O)Nc2ccc(Cl)nn2)CC(C)(CN=C=O)C1. The standard InChI is InChI=1S/C16H22ClN5O2/c1-15(2)6-11(7-16(3,8-15)9-18-10-23)19-14(24)20-13-5-4-12(17)21-22-13/h4-5,11H,6-9H2,1-3H3,(H2,19,20,22,24). The van der Waals surface area contributed by atoms with Crippen molar-refractivity contribution in [3.05, 3.63) is 17.3 Å². The van der Waals surface area contributed by atoms with E-state index in [1.54, 1.807) is 18.2 Å². The molecule has 0 aromatic carbocycles. The van der Waals surface area contributed by atoms with E-state index in [4.69, 9.17) is 11.6 Å². The normalized spacial score (nSPS) is 25.4. The third kappa shape index (κ3) is 5.28. The lowest BCUT2D eigenvalue weighted by Gasteiger charge is -2.46. The minimum atomic E-state index is -0.337. The van der Waals surface area contributed by atoms with Crippen LogP contribution in [0, 0.1) is 10.8 Å². The highest BCUT2D eigenvalue weighted by molar-refractivity contribution is 6.29. The van der Waals surface area contributed by atoms with Crippen molar-refractivity contribution in [3.63, 3.8) is 0 Å². The summed E-state index contributed by atoms with van der Waals surface area (Å²) in [5.41, 5.74) is -0.0966. The maximum Gasteiger partial charge on any atom is 0.320 e. The lowest BCUT2D eigenvalue weighted by atomic mass is 9.62. The van der Waals surface area contributed by atoms with Crippen molar-refractivity contribution >= 4 is 29.5 Å². The number of nitrogens with zero attached hydrogens (tertiary/aromatic N) is 3. The molecule has 2 rings (SSSR count). The van der Waals surface area contributed by atoms with E-state index < -0.39 is 0 Å². The highest BCUT2D eigenvalue weighted by Crippen LogP contribution is 2.46. The molecule has 2 unspecified atom stereocenters. The van der Waals surface area contributed by atoms with Crippen LogP contribution in [0.25, 0.3) is 0 Å². The fraction of sp³-hybridized carbons (Fsp3) is 0.625. The van der Waals surface area contributed by atoms with Crippen LogP contribution in [-0.4, -0.2) is 34.9 Å². The van der Waals surface area contributed by atoms with Crippen molar-refractivity contribution in [1.82, 2.24) is 15.5 Å². The molecule has 2 amide bonds. The fourth-order valence-corrected chi connectivity index (χ4v) is 3.90. The van der Waals surface area contributed by atoms with Crippen LogP contribution < -0.4 is 10.6 Å². The number of aliphatic imine (C=N–C) groups is 1. The van der Waals surface area contributed by atoms with Crippen molar-refractivity contribution in [3.8, 4) is 0 Å². The second-order valence-corrected chi connectivity index (χ2v) is 7.89. The third-order valence-electron chi connectivity index (χ3n) is 4.18. The summed E-state index contributed by atoms with van der Waals surface area (Å²) in [4.78, 5) is 26.4. The zero-order chi connectivity index (χ0) is 17.8. The number of aromatic nitrogens is 2. The molecule has 2 N–H and O–H groups in total. The molecule has 130 valence electrons. The smallest absolute Gasteiger partial charge is 0.320 e. The predicted molar refractivity (Wildman–Crippen MR) is 91.7 cm³/mol. The van der Waals surface area contributed by atoms with Gasteiger partial charge < -0.3 is 5.32 Å². The number of rotatable bonds is 4. The first kappa shape index (κ1) is 18.4. The van der Waals surface area contributed by atoms with E-state index >= 15 is 0 Å². The summed E-state index contributed by atoms with van der Waals surface area (Å²) in [7, 11) is 0. The van der Waals surface area contributed by atoms with Gasteiger partial charge in [0, 0.05) is 6.04 Å². The molecule has 1 aliphatic rings. The molecule has 1 aromatic rings. The zero-order valence-electron chi connectivity index (χ0n) is 14.1. The van der Waals surface area contributed by atoms with Crippen LogP contribution in [0.2, 0.25) is 5.15 Å². The van der Waals surface area contributed by atoms with Crippen LogP contribution in [0.15, 0.2) is 17.1 Å². The molecule has 24 heavy (non-hydrogen) atoms. The highest BCUT2D eigenvalue weighted by atomic mass is 35.5. The van der Waals surface area contributed by atoms with Crippen LogP contribution in [-0.2, 0) is 4.79 Å². The largest absolute Gasteiger partial charge is 0.335 e. The van der Waals surface area contributed by atoms with Crippen LogP contribution >= 0.6 is 11.6 Å². The van der Waals surface area contributed by atoms with Gasteiger partial charge in [0.1, 0.15) is 0 Å². The average Bonchev–Trinajstić information content (AvgIpc) is 2.45. The Hall–Kier alpha value is -1.98. The van der Waals surface area contributed by atoms with E-state index in [9.17, 15) is 9.59 Å². The van der Waals surface area contributed by atoms with E-state index in [-0.39, 0.29) is 28.1 Å². The molecule has 1 aromatic heterocycles. The molecular weight excluding hydrogens is 330 g/mol. The van der Waals surface area contributed by atoms with Gasteiger partial charge in [0.05, 0.1) is 6.54 Å². The summed E-state index contributed by atoms with van der Waals surface area (Å²) in [5.74, 6) is 0.334. The number of halogens is 1. The Labute approximate surface area is 146 Å². The molecule has 8 heteroatoms. The van der Waals surface area contributed by atoms with Crippen LogP contribution in [0.3, 0.4) is 0 Å². The number of urea groups is 1. The number of hydrogen-bond donors (Lipinski definition) is 2. The van der Waals surface area contributed by atoms with E-state index in [1.165, 1.54) is 0 Å². The topological polar surface area (TPSA) is 96.3 Å². The maximum absolute atomic E-state index is 12.2. The molecule has 1 fully saturated rings. The summed E-state index contributed by atoms with van der Waals surface area (Å²) in [6.07, 6.45) is 4.15. The summed E-state index contributed by atoms with van der Waals surface area (Å²) >= 11 is 5.67. The molecule has 0 aliphatic heterocycles. The fourth-order valence-electron chi connectivity index (χ4n) is 3.80. The van der Waals surface area contributed by atoms with Gasteiger partial charge in [-0.2, -0.15) is 0 Å². The van der Waals surface area contributed by atoms with Crippen molar-refractivity contribution in [2.24, 2.45) is 15.8 Å². The van der Waals surface area contributed by atoms with Crippen molar-refractivity contribution < 1.29 is 9.59 Å². The number of carbonyl (C=O) groups excluding carboxylic acids is 2. The number of isocyanates is 1. The Morgan fingerprint density at radius 1 is 1.38 bits per heavy atom. The van der Waals surface area contributed by atoms with Crippen molar-refractivity contribution in [2.45, 2.75) is 46.1 Å². The Kier molecular flexibility index (Phi) is 5.57. The van der Waals surface area contributed by atoms with Gasteiger partial charge in [0.2, 0.25) is 6.08 Å². The minimum absolute atomic E-state index is 0.0131. The van der Waals surface area contributed by atoms with Gasteiger partial charge in [-0.3, -0.25) is 5.32 Å². The number of anilines is 1. The van der Waals surface area contributed by atoms with Crippen molar-refractivity contribution in [1.29, 1.82) is 0 Å². The molecule has 0 radical (unpaired) electrons. The monoisotopic (exact) mass is 351 g/mol. The Morgan fingerprint density at radius 3 is 2.75 bits per heavy atom. The number of nitrogens with one attached hydrogen (secondary N) is 2. The van der Waals surface area contributed by atoms with Gasteiger partial charge in [-0.1, -0.05) is 32.4 Å².